The van der Waals surface area contributed by atoms with E-state index in [9.17, 15) is 0 Å². The minimum absolute atomic E-state index is 0.892. The number of rotatable bonds is 1. The average Bonchev–Trinajstić information content (AvgIpc) is 3.00. The lowest BCUT2D eigenvalue weighted by atomic mass is 10.3. The summed E-state index contributed by atoms with van der Waals surface area (Å²) in [6.07, 6.45) is 1.80. The second-order valence-electron chi connectivity index (χ2n) is 4.57. The SMILES string of the molecule is Cc1ccc2c(n1)n1nccc1n2-c1ccccc1. The fraction of sp³-hybridized carbons (Fsp3) is 0.0667. The minimum atomic E-state index is 0.892. The van der Waals surface area contributed by atoms with E-state index in [2.05, 4.69) is 32.8 Å². The quantitative estimate of drug-likeness (QED) is 0.519. The van der Waals surface area contributed by atoms with E-state index in [1.165, 1.54) is 0 Å². The third-order valence-corrected chi connectivity index (χ3v) is 3.30. The minimum Gasteiger partial charge on any atom is -0.291 e. The van der Waals surface area contributed by atoms with Gasteiger partial charge in [-0.25, -0.2) is 4.98 Å². The molecule has 0 radical (unpaired) electrons. The zero-order valence-corrected chi connectivity index (χ0v) is 10.5. The number of aryl methyl sites for hydroxylation is 1. The van der Waals surface area contributed by atoms with Gasteiger partial charge in [0.2, 0.25) is 0 Å². The van der Waals surface area contributed by atoms with Gasteiger partial charge in [0, 0.05) is 17.4 Å². The molecule has 0 saturated heterocycles. The van der Waals surface area contributed by atoms with Crippen LogP contribution >= 0.6 is 0 Å². The molecule has 0 fully saturated rings. The molecule has 0 unspecified atom stereocenters. The van der Waals surface area contributed by atoms with Gasteiger partial charge in [0.05, 0.1) is 11.7 Å². The summed E-state index contributed by atoms with van der Waals surface area (Å²) in [5, 5.41) is 4.37. The van der Waals surface area contributed by atoms with Gasteiger partial charge in [-0.1, -0.05) is 18.2 Å². The van der Waals surface area contributed by atoms with Crippen molar-refractivity contribution in [3.05, 3.63) is 60.4 Å². The van der Waals surface area contributed by atoms with E-state index >= 15 is 0 Å². The zero-order valence-electron chi connectivity index (χ0n) is 10.5. The number of para-hydroxylation sites is 1. The molecule has 4 heteroatoms. The van der Waals surface area contributed by atoms with Gasteiger partial charge < -0.3 is 0 Å². The molecule has 92 valence electrons. The van der Waals surface area contributed by atoms with Crippen LogP contribution in [0.2, 0.25) is 0 Å². The Morgan fingerprint density at radius 1 is 0.947 bits per heavy atom. The first kappa shape index (κ1) is 10.3. The Bertz CT molecular complexity index is 871. The molecule has 3 aromatic heterocycles. The molecule has 0 atom stereocenters. The summed E-state index contributed by atoms with van der Waals surface area (Å²) in [5.74, 6) is 0. The largest absolute Gasteiger partial charge is 0.291 e. The second-order valence-corrected chi connectivity index (χ2v) is 4.57. The van der Waals surface area contributed by atoms with Crippen molar-refractivity contribution in [2.75, 3.05) is 0 Å². The summed E-state index contributed by atoms with van der Waals surface area (Å²) < 4.78 is 4.06. The van der Waals surface area contributed by atoms with Crippen molar-refractivity contribution < 1.29 is 0 Å². The monoisotopic (exact) mass is 248 g/mol. The van der Waals surface area contributed by atoms with Gasteiger partial charge in [-0.05, 0) is 31.2 Å². The molecule has 4 aromatic rings. The molecule has 0 saturated carbocycles. The smallest absolute Gasteiger partial charge is 0.180 e. The molecule has 0 aliphatic heterocycles. The number of fused-ring (bicyclic) bond motifs is 3. The van der Waals surface area contributed by atoms with Gasteiger partial charge in [0.15, 0.2) is 5.65 Å². The standard InChI is InChI=1S/C15H12N4/c1-11-7-8-13-15(17-11)19-14(9-10-16-19)18(13)12-5-3-2-4-6-12/h2-10H,1H3. The van der Waals surface area contributed by atoms with Gasteiger partial charge in [0.1, 0.15) is 5.65 Å². The maximum Gasteiger partial charge on any atom is 0.180 e. The maximum atomic E-state index is 4.60. The van der Waals surface area contributed by atoms with Gasteiger partial charge in [-0.3, -0.25) is 4.57 Å². The first-order valence-corrected chi connectivity index (χ1v) is 6.22. The van der Waals surface area contributed by atoms with Crippen molar-refractivity contribution in [1.82, 2.24) is 19.2 Å². The van der Waals surface area contributed by atoms with Crippen LogP contribution in [0.3, 0.4) is 0 Å². The topological polar surface area (TPSA) is 35.1 Å². The van der Waals surface area contributed by atoms with Gasteiger partial charge >= 0.3 is 0 Å². The predicted molar refractivity (Wildman–Crippen MR) is 74.6 cm³/mol. The number of nitrogens with zero attached hydrogens (tertiary/aromatic N) is 4. The Labute approximate surface area is 109 Å². The van der Waals surface area contributed by atoms with Crippen LogP contribution in [0, 0.1) is 6.92 Å². The first-order chi connectivity index (χ1) is 9.34. The number of aromatic nitrogens is 4. The summed E-state index contributed by atoms with van der Waals surface area (Å²) in [5.41, 5.74) is 5.10. The zero-order chi connectivity index (χ0) is 12.8. The summed E-state index contributed by atoms with van der Waals surface area (Å²) in [7, 11) is 0. The molecule has 0 aliphatic rings. The highest BCUT2D eigenvalue weighted by molar-refractivity contribution is 5.80. The summed E-state index contributed by atoms with van der Waals surface area (Å²) in [6, 6.07) is 16.4. The average molecular weight is 248 g/mol. The highest BCUT2D eigenvalue weighted by atomic mass is 15.3. The van der Waals surface area contributed by atoms with E-state index in [-0.39, 0.29) is 0 Å². The molecule has 1 aromatic carbocycles. The van der Waals surface area contributed by atoms with E-state index < -0.39 is 0 Å². The number of hydrogen-bond acceptors (Lipinski definition) is 2. The lowest BCUT2D eigenvalue weighted by Gasteiger charge is -2.04. The molecular weight excluding hydrogens is 236 g/mol. The van der Waals surface area contributed by atoms with E-state index in [0.717, 1.165) is 28.2 Å². The first-order valence-electron chi connectivity index (χ1n) is 6.22. The van der Waals surface area contributed by atoms with Gasteiger partial charge in [-0.15, -0.1) is 0 Å². The third-order valence-electron chi connectivity index (χ3n) is 3.30. The van der Waals surface area contributed by atoms with E-state index in [1.807, 2.05) is 41.8 Å². The molecule has 0 amide bonds. The second kappa shape index (κ2) is 3.68. The van der Waals surface area contributed by atoms with Crippen molar-refractivity contribution in [3.63, 3.8) is 0 Å². The van der Waals surface area contributed by atoms with Crippen LogP contribution in [0.15, 0.2) is 54.7 Å². The number of imidazole rings is 1. The normalized spacial score (nSPS) is 11.4. The summed E-state index contributed by atoms with van der Waals surface area (Å²) in [4.78, 5) is 4.60. The fourth-order valence-electron chi connectivity index (χ4n) is 2.47. The van der Waals surface area contributed by atoms with Crippen molar-refractivity contribution >= 4 is 16.8 Å². The molecule has 19 heavy (non-hydrogen) atoms. The van der Waals surface area contributed by atoms with Crippen LogP contribution in [0.5, 0.6) is 0 Å². The summed E-state index contributed by atoms with van der Waals surface area (Å²) >= 11 is 0. The number of pyridine rings is 1. The number of benzene rings is 1. The van der Waals surface area contributed by atoms with Crippen molar-refractivity contribution in [2.45, 2.75) is 6.92 Å². The molecule has 4 rings (SSSR count). The maximum absolute atomic E-state index is 4.60. The van der Waals surface area contributed by atoms with Gasteiger partial charge in [-0.2, -0.15) is 9.61 Å². The molecule has 3 heterocycles. The van der Waals surface area contributed by atoms with Crippen LogP contribution in [0.4, 0.5) is 0 Å². The van der Waals surface area contributed by atoms with E-state index in [4.69, 9.17) is 0 Å². The molecule has 0 spiro atoms. The fourth-order valence-corrected chi connectivity index (χ4v) is 2.47. The van der Waals surface area contributed by atoms with Crippen LogP contribution in [-0.2, 0) is 0 Å². The Kier molecular flexibility index (Phi) is 2.00. The summed E-state index contributed by atoms with van der Waals surface area (Å²) in [6.45, 7) is 1.99. The highest BCUT2D eigenvalue weighted by Gasteiger charge is 2.13. The van der Waals surface area contributed by atoms with Crippen LogP contribution in [0.25, 0.3) is 22.5 Å². The van der Waals surface area contributed by atoms with Crippen molar-refractivity contribution in [1.29, 1.82) is 0 Å². The Morgan fingerprint density at radius 3 is 2.63 bits per heavy atom. The third kappa shape index (κ3) is 1.40. The lowest BCUT2D eigenvalue weighted by Crippen LogP contribution is -1.93. The van der Waals surface area contributed by atoms with Crippen LogP contribution < -0.4 is 0 Å². The molecule has 0 aliphatic carbocycles. The molecule has 0 bridgehead atoms. The van der Waals surface area contributed by atoms with Gasteiger partial charge in [0.25, 0.3) is 0 Å². The Balaban J connectivity index is 2.20. The van der Waals surface area contributed by atoms with Crippen LogP contribution in [0.1, 0.15) is 5.69 Å². The molecule has 0 N–H and O–H groups in total. The van der Waals surface area contributed by atoms with Crippen molar-refractivity contribution in [3.8, 4) is 5.69 Å². The van der Waals surface area contributed by atoms with Crippen LogP contribution in [-0.4, -0.2) is 19.2 Å². The number of hydrogen-bond donors (Lipinski definition) is 0. The van der Waals surface area contributed by atoms with Crippen molar-refractivity contribution in [2.24, 2.45) is 0 Å². The Hall–Kier alpha value is -2.62. The highest BCUT2D eigenvalue weighted by Crippen LogP contribution is 2.23. The Morgan fingerprint density at radius 2 is 1.79 bits per heavy atom. The molecular formula is C15H12N4. The lowest BCUT2D eigenvalue weighted by molar-refractivity contribution is 0.974. The predicted octanol–water partition coefficient (Wildman–Crippen LogP) is 2.98. The van der Waals surface area contributed by atoms with E-state index in [0.29, 0.717) is 0 Å². The van der Waals surface area contributed by atoms with E-state index in [1.54, 1.807) is 6.20 Å². The molecule has 4 nitrogen and oxygen atoms in total.